The quantitative estimate of drug-likeness (QED) is 0.848. The molecule has 2 aliphatic heterocycles. The molecule has 1 aromatic rings. The molecule has 5 heteroatoms. The number of carbonyl (C=O) groups is 1. The lowest BCUT2D eigenvalue weighted by Crippen LogP contribution is -2.47. The number of ether oxygens (including phenoxy) is 1. The van der Waals surface area contributed by atoms with Crippen molar-refractivity contribution >= 4 is 5.91 Å². The molecule has 1 aromatic carbocycles. The Kier molecular flexibility index (Phi) is 5.06. The first-order chi connectivity index (χ1) is 12.3. The molecule has 1 spiro atoms. The number of nitrogens with zero attached hydrogens (tertiary/aromatic N) is 1. The van der Waals surface area contributed by atoms with Gasteiger partial charge >= 0.3 is 0 Å². The van der Waals surface area contributed by atoms with E-state index in [1.54, 1.807) is 0 Å². The molecule has 1 aliphatic carbocycles. The number of piperidine rings is 1. The lowest BCUT2D eigenvalue weighted by atomic mass is 9.92. The number of rotatable bonds is 5. The van der Waals surface area contributed by atoms with Gasteiger partial charge in [0, 0.05) is 32.1 Å². The van der Waals surface area contributed by atoms with Crippen molar-refractivity contribution < 1.29 is 9.53 Å². The molecule has 2 unspecified atom stereocenters. The molecular weight excluding hydrogens is 314 g/mol. The van der Waals surface area contributed by atoms with Gasteiger partial charge in [-0.1, -0.05) is 30.3 Å². The number of carbonyl (C=O) groups excluding carboxylic acids is 1. The van der Waals surface area contributed by atoms with Gasteiger partial charge in [0.15, 0.2) is 0 Å². The lowest BCUT2D eigenvalue weighted by molar-refractivity contribution is -0.124. The predicted octanol–water partition coefficient (Wildman–Crippen LogP) is 1.39. The van der Waals surface area contributed by atoms with Gasteiger partial charge in [-0.25, -0.2) is 0 Å². The summed E-state index contributed by atoms with van der Waals surface area (Å²) in [6.45, 7) is 6.29. The zero-order chi connectivity index (χ0) is 17.1. The van der Waals surface area contributed by atoms with Crippen LogP contribution in [-0.4, -0.2) is 56.2 Å². The SMILES string of the molecule is O=C(NCC1CN(Cc2ccccc2)CCO1)C1CC12CCNCC2. The van der Waals surface area contributed by atoms with Gasteiger partial charge in [0.25, 0.3) is 0 Å². The Bertz CT molecular complexity index is 586. The van der Waals surface area contributed by atoms with Crippen molar-refractivity contribution in [2.45, 2.75) is 31.9 Å². The van der Waals surface area contributed by atoms with E-state index in [-0.39, 0.29) is 17.9 Å². The average molecular weight is 343 g/mol. The van der Waals surface area contributed by atoms with Crippen molar-refractivity contribution in [1.29, 1.82) is 0 Å². The van der Waals surface area contributed by atoms with Crippen LogP contribution >= 0.6 is 0 Å². The molecule has 2 atom stereocenters. The second-order valence-electron chi connectivity index (χ2n) is 7.83. The monoisotopic (exact) mass is 343 g/mol. The van der Waals surface area contributed by atoms with E-state index in [1.807, 2.05) is 6.07 Å². The summed E-state index contributed by atoms with van der Waals surface area (Å²) in [5, 5.41) is 6.55. The highest BCUT2D eigenvalue weighted by atomic mass is 16.5. The molecule has 2 heterocycles. The maximum atomic E-state index is 12.5. The molecule has 1 amide bonds. The fourth-order valence-corrected chi connectivity index (χ4v) is 4.42. The van der Waals surface area contributed by atoms with E-state index < -0.39 is 0 Å². The largest absolute Gasteiger partial charge is 0.374 e. The third-order valence-electron chi connectivity index (χ3n) is 6.08. The van der Waals surface area contributed by atoms with Crippen LogP contribution in [0.25, 0.3) is 0 Å². The van der Waals surface area contributed by atoms with Crippen molar-refractivity contribution in [2.24, 2.45) is 11.3 Å². The zero-order valence-corrected chi connectivity index (χ0v) is 14.9. The fraction of sp³-hybridized carbons (Fsp3) is 0.650. The van der Waals surface area contributed by atoms with E-state index in [4.69, 9.17) is 4.74 Å². The van der Waals surface area contributed by atoms with Gasteiger partial charge in [-0.2, -0.15) is 0 Å². The summed E-state index contributed by atoms with van der Waals surface area (Å²) in [6.07, 6.45) is 3.47. The second-order valence-corrected chi connectivity index (χ2v) is 7.83. The highest BCUT2D eigenvalue weighted by Crippen LogP contribution is 2.58. The van der Waals surface area contributed by atoms with E-state index in [2.05, 4.69) is 39.8 Å². The summed E-state index contributed by atoms with van der Waals surface area (Å²) < 4.78 is 5.87. The van der Waals surface area contributed by atoms with Crippen LogP contribution in [0.1, 0.15) is 24.8 Å². The van der Waals surface area contributed by atoms with Crippen LogP contribution in [0.3, 0.4) is 0 Å². The second kappa shape index (κ2) is 7.44. The first-order valence-corrected chi connectivity index (χ1v) is 9.61. The minimum atomic E-state index is 0.101. The molecule has 25 heavy (non-hydrogen) atoms. The van der Waals surface area contributed by atoms with Crippen molar-refractivity contribution in [3.63, 3.8) is 0 Å². The summed E-state index contributed by atoms with van der Waals surface area (Å²) in [5.74, 6) is 0.476. The molecule has 1 saturated carbocycles. The molecule has 136 valence electrons. The normalized spacial score (nSPS) is 28.6. The van der Waals surface area contributed by atoms with Crippen LogP contribution in [-0.2, 0) is 16.1 Å². The third-order valence-corrected chi connectivity index (χ3v) is 6.08. The highest BCUT2D eigenvalue weighted by Gasteiger charge is 2.57. The maximum Gasteiger partial charge on any atom is 0.223 e. The minimum Gasteiger partial charge on any atom is -0.374 e. The Morgan fingerprint density at radius 1 is 1.28 bits per heavy atom. The first-order valence-electron chi connectivity index (χ1n) is 9.61. The van der Waals surface area contributed by atoms with Gasteiger partial charge in [-0.15, -0.1) is 0 Å². The van der Waals surface area contributed by atoms with Crippen molar-refractivity contribution in [2.75, 3.05) is 39.3 Å². The number of amides is 1. The van der Waals surface area contributed by atoms with E-state index in [0.717, 1.165) is 58.6 Å². The fourth-order valence-electron chi connectivity index (χ4n) is 4.42. The van der Waals surface area contributed by atoms with E-state index in [0.29, 0.717) is 12.0 Å². The van der Waals surface area contributed by atoms with Gasteiger partial charge in [-0.3, -0.25) is 9.69 Å². The van der Waals surface area contributed by atoms with Gasteiger partial charge in [0.1, 0.15) is 0 Å². The van der Waals surface area contributed by atoms with Crippen LogP contribution in [0.5, 0.6) is 0 Å². The molecule has 5 nitrogen and oxygen atoms in total. The van der Waals surface area contributed by atoms with E-state index in [9.17, 15) is 4.79 Å². The van der Waals surface area contributed by atoms with Crippen molar-refractivity contribution in [3.05, 3.63) is 35.9 Å². The number of hydrogen-bond acceptors (Lipinski definition) is 4. The number of benzene rings is 1. The third kappa shape index (κ3) is 4.05. The Hall–Kier alpha value is -1.43. The van der Waals surface area contributed by atoms with Crippen LogP contribution in [0.4, 0.5) is 0 Å². The van der Waals surface area contributed by atoms with E-state index >= 15 is 0 Å². The summed E-state index contributed by atoms with van der Waals surface area (Å²) in [4.78, 5) is 14.9. The van der Waals surface area contributed by atoms with Crippen molar-refractivity contribution in [3.8, 4) is 0 Å². The van der Waals surface area contributed by atoms with Gasteiger partial charge in [-0.05, 0) is 43.3 Å². The first kappa shape index (κ1) is 17.0. The van der Waals surface area contributed by atoms with Crippen LogP contribution in [0, 0.1) is 11.3 Å². The molecule has 3 fully saturated rings. The molecule has 3 aliphatic rings. The zero-order valence-electron chi connectivity index (χ0n) is 14.9. The van der Waals surface area contributed by atoms with Gasteiger partial charge in [0.05, 0.1) is 12.7 Å². The summed E-state index contributed by atoms with van der Waals surface area (Å²) in [7, 11) is 0. The van der Waals surface area contributed by atoms with Crippen LogP contribution in [0.15, 0.2) is 30.3 Å². The minimum absolute atomic E-state index is 0.101. The maximum absolute atomic E-state index is 12.5. The molecule has 0 aromatic heterocycles. The number of hydrogen-bond donors (Lipinski definition) is 2. The van der Waals surface area contributed by atoms with Gasteiger partial charge < -0.3 is 15.4 Å². The Morgan fingerprint density at radius 2 is 2.08 bits per heavy atom. The van der Waals surface area contributed by atoms with Crippen LogP contribution < -0.4 is 10.6 Å². The predicted molar refractivity (Wildman–Crippen MR) is 97.1 cm³/mol. The number of nitrogens with one attached hydrogen (secondary N) is 2. The lowest BCUT2D eigenvalue weighted by Gasteiger charge is -2.33. The summed E-state index contributed by atoms with van der Waals surface area (Å²) >= 11 is 0. The molecular formula is C20H29N3O2. The molecule has 2 saturated heterocycles. The Morgan fingerprint density at radius 3 is 2.88 bits per heavy atom. The van der Waals surface area contributed by atoms with Crippen LogP contribution in [0.2, 0.25) is 0 Å². The number of morpholine rings is 1. The highest BCUT2D eigenvalue weighted by molar-refractivity contribution is 5.82. The molecule has 0 bridgehead atoms. The Labute approximate surface area is 150 Å². The van der Waals surface area contributed by atoms with Crippen molar-refractivity contribution in [1.82, 2.24) is 15.5 Å². The topological polar surface area (TPSA) is 53.6 Å². The Balaban J connectivity index is 1.22. The molecule has 4 rings (SSSR count). The molecule has 0 radical (unpaired) electrons. The van der Waals surface area contributed by atoms with E-state index in [1.165, 1.54) is 5.56 Å². The smallest absolute Gasteiger partial charge is 0.223 e. The molecule has 2 N–H and O–H groups in total. The van der Waals surface area contributed by atoms with Gasteiger partial charge in [0.2, 0.25) is 5.91 Å². The standard InChI is InChI=1S/C20H29N3O2/c24-19(18-12-20(18)6-8-21-9-7-20)22-13-17-15-23(10-11-25-17)14-16-4-2-1-3-5-16/h1-5,17-18,21H,6-15H2,(H,22,24). The summed E-state index contributed by atoms with van der Waals surface area (Å²) in [5.41, 5.74) is 1.64. The average Bonchev–Trinajstić information content (AvgIpc) is 3.34. The summed E-state index contributed by atoms with van der Waals surface area (Å²) in [6, 6.07) is 10.5.